The number of anilines is 1. The van der Waals surface area contributed by atoms with Crippen molar-refractivity contribution >= 4 is 40.5 Å². The lowest BCUT2D eigenvalue weighted by molar-refractivity contribution is -0.136. The number of carbonyl (C=O) groups is 4. The van der Waals surface area contributed by atoms with Gasteiger partial charge in [-0.3, -0.25) is 29.4 Å². The fraction of sp³-hybridized carbons (Fsp3) is 0.333. The summed E-state index contributed by atoms with van der Waals surface area (Å²) >= 11 is 0. The van der Waals surface area contributed by atoms with Crippen LogP contribution in [0.3, 0.4) is 0 Å². The van der Waals surface area contributed by atoms with Crippen LogP contribution in [0.2, 0.25) is 0 Å². The van der Waals surface area contributed by atoms with Crippen molar-refractivity contribution in [2.45, 2.75) is 45.1 Å². The predicted molar refractivity (Wildman–Crippen MR) is 211 cm³/mol. The van der Waals surface area contributed by atoms with Crippen molar-refractivity contribution in [2.24, 2.45) is 11.8 Å². The van der Waals surface area contributed by atoms with E-state index < -0.39 is 23.8 Å². The number of aromatic hydroxyl groups is 1. The standard InChI is InChI=1S/C45H46N4O6/c1-2-37(29-8-4-3-5-9-29)42(30-10-15-35(50)16-11-30)31-12-17-36(18-13-31)55-23-7-6-22-47-25-32-27-48(28-33(32)26-47)34-14-19-38-39(24-34)45(54)49(44(38)53)40-20-21-41(51)46-43(40)52/h3-5,8-19,24,32-33,40,50H,2,6-7,20-23,25-28H2,1H3,(H,46,51,52)/b42-37-. The summed E-state index contributed by atoms with van der Waals surface area (Å²) in [4.78, 5) is 56.4. The molecule has 4 aliphatic rings. The number of ether oxygens (including phenoxy) is 1. The Morgan fingerprint density at radius 1 is 0.764 bits per heavy atom. The summed E-state index contributed by atoms with van der Waals surface area (Å²) in [6.45, 7) is 7.72. The first-order chi connectivity index (χ1) is 26.8. The predicted octanol–water partition coefficient (Wildman–Crippen LogP) is 6.39. The van der Waals surface area contributed by atoms with Crippen LogP contribution in [-0.4, -0.2) is 83.9 Å². The average molecular weight is 739 g/mol. The number of hydrogen-bond donors (Lipinski definition) is 2. The van der Waals surface area contributed by atoms with Gasteiger partial charge in [0.2, 0.25) is 11.8 Å². The second kappa shape index (κ2) is 15.5. The van der Waals surface area contributed by atoms with Gasteiger partial charge in [-0.15, -0.1) is 0 Å². The van der Waals surface area contributed by atoms with Gasteiger partial charge < -0.3 is 19.6 Å². The number of phenols is 1. The van der Waals surface area contributed by atoms with Crippen molar-refractivity contribution in [1.29, 1.82) is 0 Å². The third-order valence-electron chi connectivity index (χ3n) is 11.6. The molecule has 0 saturated carbocycles. The van der Waals surface area contributed by atoms with Crippen LogP contribution in [0.25, 0.3) is 11.1 Å². The fourth-order valence-corrected chi connectivity index (χ4v) is 8.79. The number of carbonyl (C=O) groups excluding carboxylic acids is 4. The smallest absolute Gasteiger partial charge is 0.262 e. The molecule has 4 aliphatic heterocycles. The zero-order valence-electron chi connectivity index (χ0n) is 31.1. The molecule has 4 amide bonds. The Labute approximate surface area is 321 Å². The van der Waals surface area contributed by atoms with Crippen LogP contribution in [0.5, 0.6) is 11.5 Å². The zero-order valence-corrected chi connectivity index (χ0v) is 31.1. The SMILES string of the molecule is CC/C(=C(\c1ccc(O)cc1)c1ccc(OCCCCN2CC3CN(c4ccc5c(c4)C(=O)N(C4CCC(=O)NC4=O)C5=O)CC3C2)cc1)c1ccccc1. The van der Waals surface area contributed by atoms with Crippen molar-refractivity contribution in [3.63, 3.8) is 0 Å². The molecule has 55 heavy (non-hydrogen) atoms. The number of benzene rings is 4. The van der Waals surface area contributed by atoms with E-state index in [9.17, 15) is 24.3 Å². The lowest BCUT2D eigenvalue weighted by Gasteiger charge is -2.27. The molecule has 4 aromatic carbocycles. The van der Waals surface area contributed by atoms with Crippen molar-refractivity contribution in [2.75, 3.05) is 44.2 Å². The van der Waals surface area contributed by atoms with Crippen molar-refractivity contribution in [1.82, 2.24) is 15.1 Å². The summed E-state index contributed by atoms with van der Waals surface area (Å²) in [5, 5.41) is 12.2. The average Bonchev–Trinajstić information content (AvgIpc) is 3.85. The Kier molecular flexibility index (Phi) is 10.2. The number of rotatable bonds is 12. The van der Waals surface area contributed by atoms with Gasteiger partial charge in [0, 0.05) is 38.3 Å². The lowest BCUT2D eigenvalue weighted by Crippen LogP contribution is -2.54. The molecule has 3 atom stereocenters. The fourth-order valence-electron chi connectivity index (χ4n) is 8.79. The number of imide groups is 2. The van der Waals surface area contributed by atoms with E-state index in [0.717, 1.165) is 85.0 Å². The first-order valence-electron chi connectivity index (χ1n) is 19.4. The molecule has 282 valence electrons. The van der Waals surface area contributed by atoms with Gasteiger partial charge in [0.25, 0.3) is 11.8 Å². The molecule has 10 heteroatoms. The molecule has 0 aliphatic carbocycles. The Bertz CT molecular complexity index is 2120. The molecular formula is C45H46N4O6. The highest BCUT2D eigenvalue weighted by Crippen LogP contribution is 2.38. The summed E-state index contributed by atoms with van der Waals surface area (Å²) in [7, 11) is 0. The summed E-state index contributed by atoms with van der Waals surface area (Å²) < 4.78 is 6.18. The maximum absolute atomic E-state index is 13.3. The number of unbranched alkanes of at least 4 members (excludes halogenated alkanes) is 1. The molecule has 8 rings (SSSR count). The normalized spacial score (nSPS) is 21.4. The second-order valence-corrected chi connectivity index (χ2v) is 15.1. The maximum atomic E-state index is 13.3. The monoisotopic (exact) mass is 738 g/mol. The summed E-state index contributed by atoms with van der Waals surface area (Å²) in [6, 6.07) is 30.7. The molecule has 4 heterocycles. The summed E-state index contributed by atoms with van der Waals surface area (Å²) in [5.41, 5.74) is 7.30. The molecule has 3 saturated heterocycles. The van der Waals surface area contributed by atoms with Crippen LogP contribution in [0.4, 0.5) is 5.69 Å². The number of amides is 4. The molecule has 3 fully saturated rings. The quantitative estimate of drug-likeness (QED) is 0.0976. The van der Waals surface area contributed by atoms with Crippen LogP contribution in [0.15, 0.2) is 97.1 Å². The van der Waals surface area contributed by atoms with Gasteiger partial charge >= 0.3 is 0 Å². The van der Waals surface area contributed by atoms with Crippen molar-refractivity contribution < 1.29 is 29.0 Å². The Morgan fingerprint density at radius 2 is 1.44 bits per heavy atom. The van der Waals surface area contributed by atoms with Gasteiger partial charge in [0.1, 0.15) is 17.5 Å². The van der Waals surface area contributed by atoms with Crippen molar-refractivity contribution in [3.8, 4) is 11.5 Å². The number of fused-ring (bicyclic) bond motifs is 2. The molecule has 0 spiro atoms. The molecule has 3 unspecified atom stereocenters. The van der Waals surface area contributed by atoms with Crippen molar-refractivity contribution in [3.05, 3.63) is 125 Å². The summed E-state index contributed by atoms with van der Waals surface area (Å²) in [6.07, 6.45) is 3.13. The minimum absolute atomic E-state index is 0.101. The van der Waals surface area contributed by atoms with E-state index in [1.54, 1.807) is 24.3 Å². The number of nitrogens with one attached hydrogen (secondary N) is 1. The number of nitrogens with zero attached hydrogens (tertiary/aromatic N) is 3. The van der Waals surface area contributed by atoms with Crippen LogP contribution in [0, 0.1) is 11.8 Å². The zero-order chi connectivity index (χ0) is 38.1. The number of phenolic OH excluding ortho intramolecular Hbond substituents is 1. The third kappa shape index (κ3) is 7.38. The minimum atomic E-state index is -0.960. The van der Waals surface area contributed by atoms with Gasteiger partial charge in [-0.1, -0.05) is 61.5 Å². The molecule has 0 bridgehead atoms. The molecule has 4 aromatic rings. The van der Waals surface area contributed by atoms with Crippen LogP contribution < -0.4 is 15.0 Å². The van der Waals surface area contributed by atoms with E-state index in [4.69, 9.17) is 4.74 Å². The van der Waals surface area contributed by atoms with E-state index in [0.29, 0.717) is 29.6 Å². The van der Waals surface area contributed by atoms with Crippen LogP contribution >= 0.6 is 0 Å². The summed E-state index contributed by atoms with van der Waals surface area (Å²) in [5.74, 6) is 0.251. The molecular weight excluding hydrogens is 693 g/mol. The number of allylic oxidation sites excluding steroid dienone is 1. The highest BCUT2D eigenvalue weighted by molar-refractivity contribution is 6.23. The highest BCUT2D eigenvalue weighted by Gasteiger charge is 2.45. The van der Waals surface area contributed by atoms with E-state index in [1.165, 1.54) is 11.1 Å². The van der Waals surface area contributed by atoms with E-state index in [-0.39, 0.29) is 24.5 Å². The molecule has 2 N–H and O–H groups in total. The Balaban J connectivity index is 0.814. The molecule has 10 nitrogen and oxygen atoms in total. The van der Waals surface area contributed by atoms with Crippen LogP contribution in [-0.2, 0) is 9.59 Å². The highest BCUT2D eigenvalue weighted by atomic mass is 16.5. The van der Waals surface area contributed by atoms with Gasteiger partial charge in [0.05, 0.1) is 17.7 Å². The van der Waals surface area contributed by atoms with Gasteiger partial charge in [-0.05, 0) is 114 Å². The minimum Gasteiger partial charge on any atom is -0.508 e. The van der Waals surface area contributed by atoms with Crippen LogP contribution in [0.1, 0.15) is 76.4 Å². The Hall–Kier alpha value is -5.74. The van der Waals surface area contributed by atoms with E-state index in [2.05, 4.69) is 58.4 Å². The second-order valence-electron chi connectivity index (χ2n) is 15.1. The first-order valence-corrected chi connectivity index (χ1v) is 19.4. The lowest BCUT2D eigenvalue weighted by atomic mass is 9.88. The topological polar surface area (TPSA) is 119 Å². The van der Waals surface area contributed by atoms with Gasteiger partial charge in [0.15, 0.2) is 0 Å². The Morgan fingerprint density at radius 3 is 2.11 bits per heavy atom. The maximum Gasteiger partial charge on any atom is 0.262 e. The number of piperidine rings is 1. The van der Waals surface area contributed by atoms with Gasteiger partial charge in [-0.2, -0.15) is 0 Å². The largest absolute Gasteiger partial charge is 0.508 e. The number of likely N-dealkylation sites (tertiary alicyclic amines) is 1. The number of hydrogen-bond acceptors (Lipinski definition) is 8. The van der Waals surface area contributed by atoms with Gasteiger partial charge in [-0.25, -0.2) is 0 Å². The third-order valence-corrected chi connectivity index (χ3v) is 11.6. The van der Waals surface area contributed by atoms with E-state index >= 15 is 0 Å². The molecule has 0 radical (unpaired) electrons. The van der Waals surface area contributed by atoms with E-state index in [1.807, 2.05) is 36.4 Å². The first kappa shape index (κ1) is 36.2. The molecule has 0 aromatic heterocycles.